The van der Waals surface area contributed by atoms with E-state index in [2.05, 4.69) is 45.3 Å². The zero-order chi connectivity index (χ0) is 26.2. The molecule has 8 heteroatoms. The second-order valence-electron chi connectivity index (χ2n) is 8.88. The Hall–Kier alpha value is -3.78. The van der Waals surface area contributed by atoms with E-state index in [-0.39, 0.29) is 0 Å². The molecule has 7 nitrogen and oxygen atoms in total. The summed E-state index contributed by atoms with van der Waals surface area (Å²) in [6.07, 6.45) is 4.59. The summed E-state index contributed by atoms with van der Waals surface area (Å²) in [4.78, 5) is 14.2. The van der Waals surface area contributed by atoms with E-state index in [1.54, 1.807) is 12.4 Å². The molecule has 0 saturated heterocycles. The van der Waals surface area contributed by atoms with Gasteiger partial charge in [0.05, 0.1) is 58.5 Å². The van der Waals surface area contributed by atoms with Gasteiger partial charge >= 0.3 is 0 Å². The van der Waals surface area contributed by atoms with Crippen LogP contribution in [-0.4, -0.2) is 47.4 Å². The average molecular weight is 527 g/mol. The molecule has 1 aliphatic carbocycles. The fraction of sp³-hybridized carbons (Fsp3) is 0.233. The molecule has 38 heavy (non-hydrogen) atoms. The number of fused-ring (bicyclic) bond motifs is 2. The van der Waals surface area contributed by atoms with Crippen LogP contribution in [0.25, 0.3) is 28.1 Å². The molecular weight excluding hydrogens is 496 g/mol. The van der Waals surface area contributed by atoms with E-state index in [0.717, 1.165) is 71.0 Å². The largest absolute Gasteiger partial charge is 0.380 e. The maximum absolute atomic E-state index is 6.21. The molecule has 0 unspecified atom stereocenters. The zero-order valence-corrected chi connectivity index (χ0v) is 22.2. The number of anilines is 2. The smallest absolute Gasteiger partial charge is 0.0900 e. The molecule has 2 heterocycles. The van der Waals surface area contributed by atoms with Gasteiger partial charge in [-0.2, -0.15) is 0 Å². The quantitative estimate of drug-likeness (QED) is 0.167. The average Bonchev–Trinajstić information content (AvgIpc) is 2.94. The molecule has 1 aliphatic heterocycles. The van der Waals surface area contributed by atoms with Gasteiger partial charge in [0.1, 0.15) is 0 Å². The first-order valence-electron chi connectivity index (χ1n) is 12.9. The van der Waals surface area contributed by atoms with Crippen LogP contribution in [0.2, 0.25) is 5.02 Å². The van der Waals surface area contributed by atoms with Crippen molar-refractivity contribution in [2.24, 2.45) is 4.99 Å². The minimum atomic E-state index is 0.628. The number of para-hydroxylation sites is 2. The van der Waals surface area contributed by atoms with Gasteiger partial charge < -0.3 is 19.9 Å². The van der Waals surface area contributed by atoms with E-state index in [0.29, 0.717) is 18.2 Å². The molecule has 2 N–H and O–H groups in total. The summed E-state index contributed by atoms with van der Waals surface area (Å²) in [7, 11) is 0. The molecule has 0 bridgehead atoms. The molecule has 0 spiro atoms. The van der Waals surface area contributed by atoms with Gasteiger partial charge in [0.2, 0.25) is 0 Å². The van der Waals surface area contributed by atoms with Crippen molar-refractivity contribution in [2.45, 2.75) is 13.3 Å². The van der Waals surface area contributed by atoms with Crippen LogP contribution < -0.4 is 16.0 Å². The number of halogens is 1. The molecule has 5 rings (SSSR count). The first kappa shape index (κ1) is 25.9. The molecule has 194 valence electrons. The van der Waals surface area contributed by atoms with Crippen molar-refractivity contribution in [3.8, 4) is 17.1 Å². The molecule has 0 amide bonds. The Balaban J connectivity index is 1.58. The van der Waals surface area contributed by atoms with E-state index in [1.807, 2.05) is 54.6 Å². The topological polar surface area (TPSA) is 76.4 Å². The third-order valence-electron chi connectivity index (χ3n) is 6.07. The Kier molecular flexibility index (Phi) is 8.60. The monoisotopic (exact) mass is 526 g/mol. The number of nitrogens with one attached hydrogen (secondary N) is 2. The third kappa shape index (κ3) is 6.19. The Labute approximate surface area is 227 Å². The van der Waals surface area contributed by atoms with Crippen LogP contribution in [0, 0.1) is 0 Å². The van der Waals surface area contributed by atoms with E-state index in [4.69, 9.17) is 26.3 Å². The lowest BCUT2D eigenvalue weighted by molar-refractivity contribution is 0.137. The van der Waals surface area contributed by atoms with Gasteiger partial charge in [0, 0.05) is 36.6 Å². The van der Waals surface area contributed by atoms with E-state index >= 15 is 0 Å². The van der Waals surface area contributed by atoms with Crippen molar-refractivity contribution in [1.29, 1.82) is 0 Å². The number of hydrogen-bond donors (Lipinski definition) is 2. The predicted octanol–water partition coefficient (Wildman–Crippen LogP) is 5.84. The summed E-state index contributed by atoms with van der Waals surface area (Å²) in [5.74, 6) is 0. The second kappa shape index (κ2) is 12.6. The molecule has 0 fully saturated rings. The number of nitrogens with zero attached hydrogens (tertiary/aromatic N) is 4. The number of ether oxygens (including phenoxy) is 1. The Morgan fingerprint density at radius 1 is 0.974 bits per heavy atom. The standard InChI is InChI=1S/C30H31ClN6O/c1-2-17-38-18-16-32-14-15-34-26-20-30-28(19-27(26)35-23-6-5-13-33-21-23)36-25-7-3-4-8-29(25)37(30)24-11-9-22(31)10-12-24/h3-13,19-21,32,35H,2,14-18H2,1H3. The molecule has 0 saturated carbocycles. The van der Waals surface area contributed by atoms with Crippen LogP contribution in [-0.2, 0) is 4.74 Å². The summed E-state index contributed by atoms with van der Waals surface area (Å²) < 4.78 is 7.76. The minimum Gasteiger partial charge on any atom is -0.380 e. The second-order valence-corrected chi connectivity index (χ2v) is 9.32. The SMILES string of the molecule is CCCOCCNCCN=c1cc2n(-c3ccc(Cl)cc3)c3ccccc3nc-2cc1Nc1cccnc1. The highest BCUT2D eigenvalue weighted by Crippen LogP contribution is 2.30. The van der Waals surface area contributed by atoms with Crippen LogP contribution >= 0.6 is 11.6 Å². The van der Waals surface area contributed by atoms with Crippen molar-refractivity contribution < 1.29 is 4.74 Å². The van der Waals surface area contributed by atoms with Crippen LogP contribution in [0.1, 0.15) is 13.3 Å². The first-order chi connectivity index (χ1) is 18.7. The number of benzene rings is 3. The maximum atomic E-state index is 6.21. The summed E-state index contributed by atoms with van der Waals surface area (Å²) in [5.41, 5.74) is 6.50. The lowest BCUT2D eigenvalue weighted by Gasteiger charge is -2.20. The Morgan fingerprint density at radius 2 is 1.84 bits per heavy atom. The summed E-state index contributed by atoms with van der Waals surface area (Å²) in [5, 5.41) is 8.45. The zero-order valence-electron chi connectivity index (χ0n) is 21.4. The molecule has 3 aromatic rings. The van der Waals surface area contributed by atoms with Crippen LogP contribution in [0.4, 0.5) is 11.4 Å². The molecule has 0 atom stereocenters. The van der Waals surface area contributed by atoms with Gasteiger partial charge in [0.25, 0.3) is 0 Å². The highest BCUT2D eigenvalue weighted by Gasteiger charge is 2.16. The Bertz CT molecular complexity index is 1520. The lowest BCUT2D eigenvalue weighted by atomic mass is 10.1. The number of rotatable bonds is 11. The fourth-order valence-corrected chi connectivity index (χ4v) is 4.43. The number of pyridine rings is 1. The lowest BCUT2D eigenvalue weighted by Crippen LogP contribution is -2.24. The van der Waals surface area contributed by atoms with Crippen LogP contribution in [0.15, 0.2) is 90.2 Å². The van der Waals surface area contributed by atoms with Gasteiger partial charge in [-0.1, -0.05) is 30.7 Å². The maximum Gasteiger partial charge on any atom is 0.0900 e. The van der Waals surface area contributed by atoms with Gasteiger partial charge in [-0.05, 0) is 67.1 Å². The highest BCUT2D eigenvalue weighted by molar-refractivity contribution is 6.30. The van der Waals surface area contributed by atoms with Crippen molar-refractivity contribution >= 4 is 34.0 Å². The van der Waals surface area contributed by atoms with Gasteiger partial charge in [-0.15, -0.1) is 0 Å². The van der Waals surface area contributed by atoms with Crippen LogP contribution in [0.5, 0.6) is 0 Å². The normalized spacial score (nSPS) is 11.9. The predicted molar refractivity (Wildman–Crippen MR) is 155 cm³/mol. The summed E-state index contributed by atoms with van der Waals surface area (Å²) >= 11 is 6.21. The van der Waals surface area contributed by atoms with E-state index in [9.17, 15) is 0 Å². The summed E-state index contributed by atoms with van der Waals surface area (Å²) in [6.45, 7) is 5.80. The van der Waals surface area contributed by atoms with Crippen molar-refractivity contribution in [1.82, 2.24) is 19.9 Å². The first-order valence-corrected chi connectivity index (χ1v) is 13.3. The van der Waals surface area contributed by atoms with Crippen molar-refractivity contribution in [3.05, 3.63) is 95.6 Å². The Morgan fingerprint density at radius 3 is 2.66 bits per heavy atom. The molecule has 0 radical (unpaired) electrons. The van der Waals surface area contributed by atoms with Crippen molar-refractivity contribution in [3.63, 3.8) is 0 Å². The third-order valence-corrected chi connectivity index (χ3v) is 6.32. The van der Waals surface area contributed by atoms with E-state index < -0.39 is 0 Å². The van der Waals surface area contributed by atoms with Crippen molar-refractivity contribution in [2.75, 3.05) is 38.2 Å². The molecule has 2 aromatic carbocycles. The van der Waals surface area contributed by atoms with Gasteiger partial charge in [0.15, 0.2) is 0 Å². The van der Waals surface area contributed by atoms with Gasteiger partial charge in [-0.25, -0.2) is 4.98 Å². The molecule has 2 aliphatic rings. The molecule has 1 aromatic heterocycles. The highest BCUT2D eigenvalue weighted by atomic mass is 35.5. The van der Waals surface area contributed by atoms with E-state index in [1.165, 1.54) is 0 Å². The number of hydrogen-bond acceptors (Lipinski definition) is 6. The minimum absolute atomic E-state index is 0.628. The van der Waals surface area contributed by atoms with Gasteiger partial charge in [-0.3, -0.25) is 9.98 Å². The number of aromatic nitrogens is 3. The van der Waals surface area contributed by atoms with Crippen LogP contribution in [0.3, 0.4) is 0 Å². The summed E-state index contributed by atoms with van der Waals surface area (Å²) in [6, 6.07) is 24.1. The molecular formula is C30H31ClN6O. The fourth-order valence-electron chi connectivity index (χ4n) is 4.30.